The summed E-state index contributed by atoms with van der Waals surface area (Å²) >= 11 is 1.54. The zero-order valence-corrected chi connectivity index (χ0v) is 18.4. The lowest BCUT2D eigenvalue weighted by Crippen LogP contribution is -2.49. The highest BCUT2D eigenvalue weighted by Gasteiger charge is 2.23. The lowest BCUT2D eigenvalue weighted by molar-refractivity contribution is 0.0636. The Balaban J connectivity index is 1.35. The Morgan fingerprint density at radius 1 is 1.00 bits per heavy atom. The highest BCUT2D eigenvalue weighted by atomic mass is 32.1. The minimum Gasteiger partial charge on any atom is -0.335 e. The lowest BCUT2D eigenvalue weighted by atomic mass is 10.3. The van der Waals surface area contributed by atoms with Gasteiger partial charge in [0.05, 0.1) is 17.1 Å². The number of piperazine rings is 1. The number of aryl methyl sites for hydroxylation is 3. The Hall–Kier alpha value is -2.78. The number of rotatable bonds is 5. The zero-order chi connectivity index (χ0) is 21.3. The summed E-state index contributed by atoms with van der Waals surface area (Å²) in [6, 6.07) is 9.12. The first kappa shape index (κ1) is 20.5. The molecule has 158 valence electrons. The molecule has 4 heterocycles. The molecule has 3 aromatic heterocycles. The van der Waals surface area contributed by atoms with Gasteiger partial charge in [-0.3, -0.25) is 14.5 Å². The van der Waals surface area contributed by atoms with Crippen molar-refractivity contribution in [2.45, 2.75) is 27.3 Å². The molecule has 0 unspecified atom stereocenters. The molecule has 4 rings (SSSR count). The van der Waals surface area contributed by atoms with E-state index in [4.69, 9.17) is 0 Å². The van der Waals surface area contributed by atoms with E-state index in [0.717, 1.165) is 34.2 Å². The molecule has 3 aromatic rings. The Bertz CT molecular complexity index is 1110. The monoisotopic (exact) mass is 426 g/mol. The van der Waals surface area contributed by atoms with E-state index in [-0.39, 0.29) is 11.5 Å². The average Bonchev–Trinajstić information content (AvgIpc) is 3.32. The normalized spacial score (nSPS) is 15.0. The van der Waals surface area contributed by atoms with E-state index >= 15 is 0 Å². The van der Waals surface area contributed by atoms with Crippen LogP contribution in [0.5, 0.6) is 0 Å². The van der Waals surface area contributed by atoms with Gasteiger partial charge in [0.2, 0.25) is 0 Å². The molecular weight excluding hydrogens is 400 g/mol. The number of hydrogen-bond donors (Lipinski definition) is 0. The van der Waals surface area contributed by atoms with Gasteiger partial charge in [-0.25, -0.2) is 9.36 Å². The van der Waals surface area contributed by atoms with Crippen molar-refractivity contribution in [3.8, 4) is 5.82 Å². The largest absolute Gasteiger partial charge is 0.335 e. The predicted molar refractivity (Wildman–Crippen MR) is 116 cm³/mol. The summed E-state index contributed by atoms with van der Waals surface area (Å²) in [4.78, 5) is 31.0. The number of aromatic nitrogens is 4. The van der Waals surface area contributed by atoms with Gasteiger partial charge in [-0.05, 0) is 45.0 Å². The average molecular weight is 427 g/mol. The second kappa shape index (κ2) is 8.53. The van der Waals surface area contributed by atoms with Crippen LogP contribution in [0.25, 0.3) is 5.82 Å². The summed E-state index contributed by atoms with van der Waals surface area (Å²) in [5.74, 6) is 0.755. The van der Waals surface area contributed by atoms with Crippen molar-refractivity contribution in [3.05, 3.63) is 61.8 Å². The Labute approximate surface area is 179 Å². The molecule has 0 spiro atoms. The molecule has 0 bridgehead atoms. The van der Waals surface area contributed by atoms with Crippen LogP contribution >= 0.6 is 11.3 Å². The Morgan fingerprint density at radius 3 is 2.40 bits per heavy atom. The third kappa shape index (κ3) is 4.36. The molecule has 30 heavy (non-hydrogen) atoms. The molecule has 1 amide bonds. The SMILES string of the molecule is Cc1cc(C)n(-c2ccc(=O)n(CCN3CCN(C(=O)c4ccc(C)s4)CC3)n2)n1. The minimum atomic E-state index is -0.123. The van der Waals surface area contributed by atoms with E-state index in [2.05, 4.69) is 15.1 Å². The summed E-state index contributed by atoms with van der Waals surface area (Å²) in [6.45, 7) is 10.1. The van der Waals surface area contributed by atoms with Crippen LogP contribution in [-0.4, -0.2) is 68.0 Å². The third-order valence-corrected chi connectivity index (χ3v) is 6.31. The second-order valence-corrected chi connectivity index (χ2v) is 8.92. The van der Waals surface area contributed by atoms with Crippen LogP contribution in [0.4, 0.5) is 0 Å². The molecule has 0 aliphatic carbocycles. The van der Waals surface area contributed by atoms with Gasteiger partial charge in [-0.15, -0.1) is 16.4 Å². The van der Waals surface area contributed by atoms with Gasteiger partial charge < -0.3 is 4.90 Å². The van der Waals surface area contributed by atoms with Crippen LogP contribution in [0.3, 0.4) is 0 Å². The van der Waals surface area contributed by atoms with Crippen LogP contribution in [-0.2, 0) is 6.54 Å². The maximum atomic E-state index is 12.6. The van der Waals surface area contributed by atoms with Crippen molar-refractivity contribution in [2.24, 2.45) is 0 Å². The third-order valence-electron chi connectivity index (χ3n) is 5.32. The molecule has 1 saturated heterocycles. The van der Waals surface area contributed by atoms with Gasteiger partial charge in [0.15, 0.2) is 5.82 Å². The summed E-state index contributed by atoms with van der Waals surface area (Å²) < 4.78 is 3.25. The molecule has 0 atom stereocenters. The standard InChI is InChI=1S/C21H26N6O2S/c1-15-14-16(2)27(22-15)19-6-7-20(28)26(23-19)13-10-24-8-11-25(12-9-24)21(29)18-5-4-17(3)30-18/h4-7,14H,8-13H2,1-3H3. The van der Waals surface area contributed by atoms with Gasteiger partial charge in [0.1, 0.15) is 0 Å². The highest BCUT2D eigenvalue weighted by molar-refractivity contribution is 7.13. The molecule has 0 saturated carbocycles. The van der Waals surface area contributed by atoms with Gasteiger partial charge in [0.25, 0.3) is 11.5 Å². The first-order chi connectivity index (χ1) is 14.4. The van der Waals surface area contributed by atoms with Crippen molar-refractivity contribution in [1.82, 2.24) is 29.4 Å². The first-order valence-electron chi connectivity index (χ1n) is 10.1. The molecule has 0 N–H and O–H groups in total. The van der Waals surface area contributed by atoms with Gasteiger partial charge in [0, 0.05) is 49.4 Å². The van der Waals surface area contributed by atoms with Gasteiger partial charge in [-0.1, -0.05) is 0 Å². The molecule has 0 aromatic carbocycles. The number of carbonyl (C=O) groups excluding carboxylic acids is 1. The molecular formula is C21H26N6O2S. The van der Waals surface area contributed by atoms with Crippen LogP contribution in [0.1, 0.15) is 25.9 Å². The molecule has 9 heteroatoms. The molecule has 0 radical (unpaired) electrons. The number of amides is 1. The fourth-order valence-electron chi connectivity index (χ4n) is 3.69. The van der Waals surface area contributed by atoms with E-state index in [9.17, 15) is 9.59 Å². The summed E-state index contributed by atoms with van der Waals surface area (Å²) in [5.41, 5.74) is 1.77. The fourth-order valence-corrected chi connectivity index (χ4v) is 4.52. The van der Waals surface area contributed by atoms with Crippen molar-refractivity contribution >= 4 is 17.2 Å². The topological polar surface area (TPSA) is 76.3 Å². The summed E-state index contributed by atoms with van der Waals surface area (Å²) in [6.07, 6.45) is 0. The molecule has 8 nitrogen and oxygen atoms in total. The van der Waals surface area contributed by atoms with Crippen LogP contribution < -0.4 is 5.56 Å². The predicted octanol–water partition coefficient (Wildman–Crippen LogP) is 1.87. The highest BCUT2D eigenvalue weighted by Crippen LogP contribution is 2.18. The maximum Gasteiger partial charge on any atom is 0.266 e. The molecule has 1 aliphatic heterocycles. The zero-order valence-electron chi connectivity index (χ0n) is 17.5. The fraction of sp³-hybridized carbons (Fsp3) is 0.429. The number of thiophene rings is 1. The second-order valence-electron chi connectivity index (χ2n) is 7.64. The summed E-state index contributed by atoms with van der Waals surface area (Å²) in [7, 11) is 0. The van der Waals surface area contributed by atoms with E-state index in [0.29, 0.717) is 32.0 Å². The molecule has 1 fully saturated rings. The van der Waals surface area contributed by atoms with E-state index < -0.39 is 0 Å². The quantitative estimate of drug-likeness (QED) is 0.623. The number of hydrogen-bond acceptors (Lipinski definition) is 6. The lowest BCUT2D eigenvalue weighted by Gasteiger charge is -2.34. The van der Waals surface area contributed by atoms with Crippen LogP contribution in [0.15, 0.2) is 35.1 Å². The Morgan fingerprint density at radius 2 is 1.77 bits per heavy atom. The minimum absolute atomic E-state index is 0.114. The van der Waals surface area contributed by atoms with Crippen molar-refractivity contribution in [3.63, 3.8) is 0 Å². The van der Waals surface area contributed by atoms with Crippen molar-refractivity contribution in [2.75, 3.05) is 32.7 Å². The maximum absolute atomic E-state index is 12.6. The molecule has 1 aliphatic rings. The Kier molecular flexibility index (Phi) is 5.83. The first-order valence-corrected chi connectivity index (χ1v) is 10.9. The van der Waals surface area contributed by atoms with E-state index in [1.807, 2.05) is 43.9 Å². The van der Waals surface area contributed by atoms with Gasteiger partial charge in [-0.2, -0.15) is 5.10 Å². The van der Waals surface area contributed by atoms with Crippen LogP contribution in [0.2, 0.25) is 0 Å². The van der Waals surface area contributed by atoms with Crippen molar-refractivity contribution in [1.29, 1.82) is 0 Å². The van der Waals surface area contributed by atoms with Gasteiger partial charge >= 0.3 is 0 Å². The van der Waals surface area contributed by atoms with E-state index in [1.54, 1.807) is 28.2 Å². The number of carbonyl (C=O) groups is 1. The smallest absolute Gasteiger partial charge is 0.266 e. The van der Waals surface area contributed by atoms with Crippen molar-refractivity contribution < 1.29 is 4.79 Å². The van der Waals surface area contributed by atoms with E-state index in [1.165, 1.54) is 4.68 Å². The van der Waals surface area contributed by atoms with Crippen LogP contribution in [0, 0.1) is 20.8 Å². The number of nitrogens with zero attached hydrogens (tertiary/aromatic N) is 6. The summed E-state index contributed by atoms with van der Waals surface area (Å²) in [5, 5.41) is 8.95.